The predicted octanol–water partition coefficient (Wildman–Crippen LogP) is 4.42. The molecule has 2 aliphatic heterocycles. The normalized spacial score (nSPS) is 25.4. The minimum atomic E-state index is -0.678. The van der Waals surface area contributed by atoms with Gasteiger partial charge in [0.15, 0.2) is 5.78 Å². The van der Waals surface area contributed by atoms with E-state index in [0.717, 1.165) is 42.3 Å². The molecule has 1 aromatic carbocycles. The molecular formula is C22H24BrFN2O2. The van der Waals surface area contributed by atoms with Crippen LogP contribution in [0.3, 0.4) is 0 Å². The van der Waals surface area contributed by atoms with Gasteiger partial charge in [0, 0.05) is 46.9 Å². The van der Waals surface area contributed by atoms with Crippen LogP contribution in [0.1, 0.15) is 50.0 Å². The van der Waals surface area contributed by atoms with Crippen molar-refractivity contribution in [2.45, 2.75) is 44.4 Å². The van der Waals surface area contributed by atoms with Crippen LogP contribution in [0.25, 0.3) is 0 Å². The van der Waals surface area contributed by atoms with Gasteiger partial charge in [-0.3, -0.25) is 9.59 Å². The van der Waals surface area contributed by atoms with Crippen molar-refractivity contribution < 1.29 is 14.0 Å². The number of amides is 1. The summed E-state index contributed by atoms with van der Waals surface area (Å²) < 4.78 is 15.6. The minimum Gasteiger partial charge on any atom is -0.362 e. The van der Waals surface area contributed by atoms with Gasteiger partial charge in [0.25, 0.3) is 0 Å². The van der Waals surface area contributed by atoms with E-state index in [2.05, 4.69) is 27.8 Å². The third kappa shape index (κ3) is 3.43. The van der Waals surface area contributed by atoms with E-state index in [9.17, 15) is 14.0 Å². The Morgan fingerprint density at radius 1 is 1.18 bits per heavy atom. The SMILES string of the molecule is C=C1NC2=C(C(=O)CCC2)C(c2cc(Br)ccc2F)C1C(=O)N1CCCCC1. The van der Waals surface area contributed by atoms with Gasteiger partial charge in [-0.25, -0.2) is 4.39 Å². The topological polar surface area (TPSA) is 49.4 Å². The van der Waals surface area contributed by atoms with E-state index in [1.54, 1.807) is 12.1 Å². The molecule has 1 saturated heterocycles. The summed E-state index contributed by atoms with van der Waals surface area (Å²) in [6.45, 7) is 5.53. The first-order valence-corrected chi connectivity index (χ1v) is 10.7. The molecule has 1 N–H and O–H groups in total. The first-order chi connectivity index (χ1) is 13.5. The molecule has 3 aliphatic rings. The van der Waals surface area contributed by atoms with Crippen molar-refractivity contribution in [2.24, 2.45) is 5.92 Å². The van der Waals surface area contributed by atoms with Crippen molar-refractivity contribution in [3.05, 3.63) is 57.6 Å². The Hall–Kier alpha value is -1.95. The summed E-state index contributed by atoms with van der Waals surface area (Å²) in [5.74, 6) is -1.77. The van der Waals surface area contributed by atoms with E-state index in [0.29, 0.717) is 36.3 Å². The zero-order chi connectivity index (χ0) is 19.8. The Bertz CT molecular complexity index is 873. The summed E-state index contributed by atoms with van der Waals surface area (Å²) in [5.41, 5.74) is 2.31. The molecule has 0 radical (unpaired) electrons. The van der Waals surface area contributed by atoms with E-state index in [1.165, 1.54) is 6.07 Å². The zero-order valence-electron chi connectivity index (χ0n) is 15.8. The maximum atomic E-state index is 14.9. The lowest BCUT2D eigenvalue weighted by atomic mass is 9.71. The van der Waals surface area contributed by atoms with Crippen LogP contribution in [0.4, 0.5) is 4.39 Å². The minimum absolute atomic E-state index is 0.00192. The van der Waals surface area contributed by atoms with Crippen LogP contribution in [-0.2, 0) is 9.59 Å². The summed E-state index contributed by atoms with van der Waals surface area (Å²) in [7, 11) is 0. The first kappa shape index (κ1) is 19.4. The van der Waals surface area contributed by atoms with Gasteiger partial charge in [-0.1, -0.05) is 22.5 Å². The van der Waals surface area contributed by atoms with Gasteiger partial charge >= 0.3 is 0 Å². The fourth-order valence-corrected chi connectivity index (χ4v) is 5.06. The molecule has 2 unspecified atom stereocenters. The van der Waals surface area contributed by atoms with Crippen LogP contribution in [0.2, 0.25) is 0 Å². The van der Waals surface area contributed by atoms with Crippen LogP contribution in [0, 0.1) is 11.7 Å². The van der Waals surface area contributed by atoms with Crippen molar-refractivity contribution in [3.63, 3.8) is 0 Å². The number of likely N-dealkylation sites (tertiary alicyclic amines) is 1. The Labute approximate surface area is 173 Å². The number of nitrogens with one attached hydrogen (secondary N) is 1. The molecule has 1 aliphatic carbocycles. The molecule has 28 heavy (non-hydrogen) atoms. The van der Waals surface area contributed by atoms with Crippen LogP contribution in [-0.4, -0.2) is 29.7 Å². The monoisotopic (exact) mass is 446 g/mol. The summed E-state index contributed by atoms with van der Waals surface area (Å²) in [5, 5.41) is 3.24. The molecule has 1 amide bonds. The average molecular weight is 447 g/mol. The summed E-state index contributed by atoms with van der Waals surface area (Å²) in [6.07, 6.45) is 4.98. The van der Waals surface area contributed by atoms with Crippen molar-refractivity contribution >= 4 is 27.6 Å². The Balaban J connectivity index is 1.84. The second-order valence-corrected chi connectivity index (χ2v) is 8.74. The number of rotatable bonds is 2. The van der Waals surface area contributed by atoms with Gasteiger partial charge in [0.05, 0.1) is 5.92 Å². The van der Waals surface area contributed by atoms with Gasteiger partial charge in [-0.15, -0.1) is 0 Å². The Kier molecular flexibility index (Phi) is 5.41. The summed E-state index contributed by atoms with van der Waals surface area (Å²) in [4.78, 5) is 28.2. The molecule has 0 saturated carbocycles. The second-order valence-electron chi connectivity index (χ2n) is 7.83. The number of nitrogens with zero attached hydrogens (tertiary/aromatic N) is 1. The van der Waals surface area contributed by atoms with Crippen LogP contribution < -0.4 is 5.32 Å². The molecule has 2 heterocycles. The third-order valence-corrected chi connectivity index (χ3v) is 6.51. The lowest BCUT2D eigenvalue weighted by Crippen LogP contribution is -2.47. The quantitative estimate of drug-likeness (QED) is 0.730. The van der Waals surface area contributed by atoms with Crippen molar-refractivity contribution in [2.75, 3.05) is 13.1 Å². The molecule has 0 bridgehead atoms. The molecule has 1 aromatic rings. The molecule has 6 heteroatoms. The van der Waals surface area contributed by atoms with Gasteiger partial charge in [-0.2, -0.15) is 0 Å². The molecule has 0 aromatic heterocycles. The molecule has 4 rings (SSSR count). The van der Waals surface area contributed by atoms with Gasteiger partial charge in [0.2, 0.25) is 5.91 Å². The largest absolute Gasteiger partial charge is 0.362 e. The Morgan fingerprint density at radius 2 is 1.93 bits per heavy atom. The number of carbonyl (C=O) groups excluding carboxylic acids is 2. The number of hydrogen-bond acceptors (Lipinski definition) is 3. The number of halogens is 2. The van der Waals surface area contributed by atoms with Crippen LogP contribution in [0.5, 0.6) is 0 Å². The fourth-order valence-electron chi connectivity index (χ4n) is 4.68. The second kappa shape index (κ2) is 7.82. The highest BCUT2D eigenvalue weighted by molar-refractivity contribution is 9.10. The van der Waals surface area contributed by atoms with Crippen molar-refractivity contribution in [3.8, 4) is 0 Å². The predicted molar refractivity (Wildman–Crippen MR) is 109 cm³/mol. The number of Topliss-reactive ketones (excluding diaryl/α,β-unsaturated/α-hetero) is 1. The fraction of sp³-hybridized carbons (Fsp3) is 0.455. The van der Waals surface area contributed by atoms with Gasteiger partial charge < -0.3 is 10.2 Å². The van der Waals surface area contributed by atoms with Crippen molar-refractivity contribution in [1.82, 2.24) is 10.2 Å². The van der Waals surface area contributed by atoms with Gasteiger partial charge in [0.1, 0.15) is 5.82 Å². The van der Waals surface area contributed by atoms with E-state index < -0.39 is 17.7 Å². The number of carbonyl (C=O) groups is 2. The van der Waals surface area contributed by atoms with E-state index in [4.69, 9.17) is 0 Å². The molecule has 1 fully saturated rings. The number of piperidine rings is 1. The maximum Gasteiger partial charge on any atom is 0.232 e. The highest BCUT2D eigenvalue weighted by atomic mass is 79.9. The molecule has 0 spiro atoms. The lowest BCUT2D eigenvalue weighted by molar-refractivity contribution is -0.136. The Morgan fingerprint density at radius 3 is 2.68 bits per heavy atom. The summed E-state index contributed by atoms with van der Waals surface area (Å²) in [6, 6.07) is 4.72. The van der Waals surface area contributed by atoms with E-state index in [-0.39, 0.29) is 11.7 Å². The van der Waals surface area contributed by atoms with Crippen LogP contribution in [0.15, 0.2) is 46.2 Å². The van der Waals surface area contributed by atoms with Gasteiger partial charge in [-0.05, 0) is 55.9 Å². The van der Waals surface area contributed by atoms with Crippen molar-refractivity contribution in [1.29, 1.82) is 0 Å². The molecule has 148 valence electrons. The smallest absolute Gasteiger partial charge is 0.232 e. The number of hydrogen-bond donors (Lipinski definition) is 1. The standard InChI is InChI=1S/C22H24BrFN2O2/c1-13-19(22(28)26-10-3-2-4-11-26)20(15-12-14(23)8-9-16(15)24)21-17(25-13)6-5-7-18(21)27/h8-9,12,19-20,25H,1-7,10-11H2. The lowest BCUT2D eigenvalue weighted by Gasteiger charge is -2.41. The highest BCUT2D eigenvalue weighted by Crippen LogP contribution is 2.45. The molecular weight excluding hydrogens is 423 g/mol. The third-order valence-electron chi connectivity index (χ3n) is 6.01. The average Bonchev–Trinajstić information content (AvgIpc) is 2.69. The number of ketones is 1. The maximum absolute atomic E-state index is 14.9. The molecule has 4 nitrogen and oxygen atoms in total. The summed E-state index contributed by atoms with van der Waals surface area (Å²) >= 11 is 3.41. The van der Waals surface area contributed by atoms with E-state index >= 15 is 0 Å². The number of benzene rings is 1. The van der Waals surface area contributed by atoms with Crippen LogP contribution >= 0.6 is 15.9 Å². The first-order valence-electron chi connectivity index (χ1n) is 9.93. The molecule has 2 atom stereocenters. The zero-order valence-corrected chi connectivity index (χ0v) is 17.4. The number of allylic oxidation sites excluding steroid dienone is 2. The van der Waals surface area contributed by atoms with E-state index in [1.807, 2.05) is 4.90 Å². The highest BCUT2D eigenvalue weighted by Gasteiger charge is 2.45.